The van der Waals surface area contributed by atoms with Gasteiger partial charge in [0.05, 0.1) is 16.5 Å². The molecule has 0 fully saturated rings. The minimum Gasteiger partial charge on any atom is -0.440 e. The maximum atomic E-state index is 13.3. The highest BCUT2D eigenvalue weighted by atomic mass is 32.2. The zero-order chi connectivity index (χ0) is 23.7. The number of rotatable bonds is 7. The molecule has 0 bridgehead atoms. The molecule has 0 aliphatic carbocycles. The lowest BCUT2D eigenvalue weighted by Gasteiger charge is -2.17. The third kappa shape index (κ3) is 5.15. The third-order valence-corrected chi connectivity index (χ3v) is 6.34. The highest BCUT2D eigenvalue weighted by Gasteiger charge is 2.27. The minimum atomic E-state index is -3.43. The van der Waals surface area contributed by atoms with Gasteiger partial charge in [-0.05, 0) is 71.2 Å². The zero-order valence-electron chi connectivity index (χ0n) is 19.3. The van der Waals surface area contributed by atoms with Crippen LogP contribution in [0, 0.1) is 26.2 Å². The molecule has 0 saturated carbocycles. The lowest BCUT2D eigenvalue weighted by Crippen LogP contribution is -2.25. The summed E-state index contributed by atoms with van der Waals surface area (Å²) in [5.74, 6) is -0.585. The van der Waals surface area contributed by atoms with E-state index in [1.54, 1.807) is 47.6 Å². The van der Waals surface area contributed by atoms with E-state index in [-0.39, 0.29) is 28.9 Å². The molecule has 1 aromatic carbocycles. The molecule has 9 heteroatoms. The van der Waals surface area contributed by atoms with Crippen LogP contribution in [-0.4, -0.2) is 43.0 Å². The standard InChI is InChI=1S/C22H30N2O6S/c1-9-24-20(29-12-30-21(26)22(5,6)7)17(11-23-24)18(25)16-10-13(2)19(31(8,27)28)15(4)14(16)3/h10-11H,9,12H2,1-8H3. The van der Waals surface area contributed by atoms with E-state index in [1.807, 2.05) is 6.92 Å². The minimum absolute atomic E-state index is 0.191. The number of sulfone groups is 1. The van der Waals surface area contributed by atoms with Crippen LogP contribution in [0.4, 0.5) is 0 Å². The summed E-state index contributed by atoms with van der Waals surface area (Å²) in [5.41, 5.74) is 1.51. The van der Waals surface area contributed by atoms with Gasteiger partial charge in [0.15, 0.2) is 15.6 Å². The highest BCUT2D eigenvalue weighted by molar-refractivity contribution is 7.90. The van der Waals surface area contributed by atoms with Crippen LogP contribution in [0.5, 0.6) is 5.88 Å². The molecule has 0 spiro atoms. The van der Waals surface area contributed by atoms with Crippen LogP contribution >= 0.6 is 0 Å². The molecule has 0 N–H and O–H groups in total. The Morgan fingerprint density at radius 1 is 1.10 bits per heavy atom. The summed E-state index contributed by atoms with van der Waals surface area (Å²) in [4.78, 5) is 25.6. The fraction of sp³-hybridized carbons (Fsp3) is 0.500. The van der Waals surface area contributed by atoms with Crippen molar-refractivity contribution in [3.05, 3.63) is 40.1 Å². The topological polar surface area (TPSA) is 105 Å². The van der Waals surface area contributed by atoms with Crippen molar-refractivity contribution in [3.63, 3.8) is 0 Å². The SMILES string of the molecule is CCn1ncc(C(=O)c2cc(C)c(S(C)(=O)=O)c(C)c2C)c1OCOC(=O)C(C)(C)C. The Balaban J connectivity index is 2.43. The van der Waals surface area contributed by atoms with Crippen LogP contribution < -0.4 is 4.74 Å². The van der Waals surface area contributed by atoms with Crippen LogP contribution in [0.2, 0.25) is 0 Å². The lowest BCUT2D eigenvalue weighted by atomic mass is 9.95. The van der Waals surface area contributed by atoms with E-state index >= 15 is 0 Å². The molecule has 2 rings (SSSR count). The number of aryl methyl sites for hydroxylation is 2. The van der Waals surface area contributed by atoms with Gasteiger partial charge < -0.3 is 9.47 Å². The van der Waals surface area contributed by atoms with E-state index in [0.717, 1.165) is 6.26 Å². The van der Waals surface area contributed by atoms with Gasteiger partial charge in [-0.1, -0.05) is 0 Å². The van der Waals surface area contributed by atoms with Crippen molar-refractivity contribution in [2.45, 2.75) is 59.9 Å². The van der Waals surface area contributed by atoms with E-state index in [9.17, 15) is 18.0 Å². The number of ketones is 1. The maximum absolute atomic E-state index is 13.3. The summed E-state index contributed by atoms with van der Waals surface area (Å²) in [7, 11) is -3.43. The monoisotopic (exact) mass is 450 g/mol. The first kappa shape index (κ1) is 24.6. The number of hydrogen-bond acceptors (Lipinski definition) is 7. The largest absolute Gasteiger partial charge is 0.440 e. The van der Waals surface area contributed by atoms with Gasteiger partial charge in [0, 0.05) is 18.4 Å². The Bertz CT molecular complexity index is 1120. The van der Waals surface area contributed by atoms with Gasteiger partial charge >= 0.3 is 5.97 Å². The predicted octanol–water partition coefficient (Wildman–Crippen LogP) is 3.39. The fourth-order valence-corrected chi connectivity index (χ4v) is 4.63. The van der Waals surface area contributed by atoms with Crippen molar-refractivity contribution in [2.24, 2.45) is 5.41 Å². The van der Waals surface area contributed by atoms with E-state index < -0.39 is 21.2 Å². The summed E-state index contributed by atoms with van der Waals surface area (Å²) in [6.07, 6.45) is 2.56. The lowest BCUT2D eigenvalue weighted by molar-refractivity contribution is -0.159. The molecule has 0 radical (unpaired) electrons. The second kappa shape index (κ2) is 8.82. The van der Waals surface area contributed by atoms with Crippen molar-refractivity contribution >= 4 is 21.6 Å². The van der Waals surface area contributed by atoms with Crippen LogP contribution in [0.3, 0.4) is 0 Å². The van der Waals surface area contributed by atoms with Gasteiger partial charge in [0.2, 0.25) is 12.7 Å². The summed E-state index contributed by atoms with van der Waals surface area (Å²) in [6.45, 7) is 12.2. The Kier molecular flexibility index (Phi) is 7.00. The van der Waals surface area contributed by atoms with Gasteiger partial charge in [-0.2, -0.15) is 5.10 Å². The Labute approximate surface area is 183 Å². The molecular weight excluding hydrogens is 420 g/mol. The summed E-state index contributed by atoms with van der Waals surface area (Å²) < 4.78 is 36.6. The number of nitrogens with zero attached hydrogens (tertiary/aromatic N) is 2. The quantitative estimate of drug-likeness (QED) is 0.362. The van der Waals surface area contributed by atoms with E-state index in [2.05, 4.69) is 5.10 Å². The second-order valence-electron chi connectivity index (χ2n) is 8.54. The number of esters is 1. The molecule has 1 heterocycles. The zero-order valence-corrected chi connectivity index (χ0v) is 20.1. The van der Waals surface area contributed by atoms with Crippen LogP contribution in [0.15, 0.2) is 17.2 Å². The molecule has 170 valence electrons. The van der Waals surface area contributed by atoms with E-state index in [4.69, 9.17) is 9.47 Å². The Morgan fingerprint density at radius 3 is 2.23 bits per heavy atom. The van der Waals surface area contributed by atoms with Crippen molar-refractivity contribution in [1.82, 2.24) is 9.78 Å². The number of carbonyl (C=O) groups excluding carboxylic acids is 2. The first-order valence-electron chi connectivity index (χ1n) is 9.91. The first-order valence-corrected chi connectivity index (χ1v) is 11.8. The summed E-state index contributed by atoms with van der Waals surface area (Å²) in [6, 6.07) is 1.58. The van der Waals surface area contributed by atoms with Crippen molar-refractivity contribution in [2.75, 3.05) is 13.0 Å². The van der Waals surface area contributed by atoms with Gasteiger partial charge in [0.1, 0.15) is 5.56 Å². The summed E-state index contributed by atoms with van der Waals surface area (Å²) in [5, 5.41) is 4.19. The molecular formula is C22H30N2O6S. The molecule has 1 aromatic heterocycles. The Morgan fingerprint density at radius 2 is 1.71 bits per heavy atom. The van der Waals surface area contributed by atoms with Gasteiger partial charge in [-0.15, -0.1) is 0 Å². The number of ether oxygens (including phenoxy) is 2. The normalized spacial score (nSPS) is 12.0. The number of aromatic nitrogens is 2. The van der Waals surface area contributed by atoms with Crippen LogP contribution in [0.25, 0.3) is 0 Å². The van der Waals surface area contributed by atoms with E-state index in [1.165, 1.54) is 10.9 Å². The van der Waals surface area contributed by atoms with Crippen molar-refractivity contribution in [1.29, 1.82) is 0 Å². The summed E-state index contributed by atoms with van der Waals surface area (Å²) >= 11 is 0. The smallest absolute Gasteiger partial charge is 0.314 e. The molecule has 0 atom stereocenters. The number of benzene rings is 1. The van der Waals surface area contributed by atoms with Crippen LogP contribution in [-0.2, 0) is 25.9 Å². The Hall–Kier alpha value is -2.68. The third-order valence-electron chi connectivity index (χ3n) is 4.97. The molecule has 0 aliphatic heterocycles. The number of carbonyl (C=O) groups is 2. The average molecular weight is 451 g/mol. The predicted molar refractivity (Wildman–Crippen MR) is 116 cm³/mol. The molecule has 8 nitrogen and oxygen atoms in total. The maximum Gasteiger partial charge on any atom is 0.314 e. The second-order valence-corrected chi connectivity index (χ2v) is 10.5. The van der Waals surface area contributed by atoms with Gasteiger partial charge in [-0.3, -0.25) is 9.59 Å². The van der Waals surface area contributed by atoms with Crippen LogP contribution in [0.1, 0.15) is 60.3 Å². The molecule has 0 aliphatic rings. The molecule has 0 saturated heterocycles. The number of hydrogen-bond donors (Lipinski definition) is 0. The molecule has 2 aromatic rings. The van der Waals surface area contributed by atoms with E-state index in [0.29, 0.717) is 28.8 Å². The molecule has 0 unspecified atom stereocenters. The van der Waals surface area contributed by atoms with Gasteiger partial charge in [-0.25, -0.2) is 13.1 Å². The average Bonchev–Trinajstić information content (AvgIpc) is 3.05. The highest BCUT2D eigenvalue weighted by Crippen LogP contribution is 2.30. The van der Waals surface area contributed by atoms with Crippen molar-refractivity contribution < 1.29 is 27.5 Å². The fourth-order valence-electron chi connectivity index (χ4n) is 3.27. The van der Waals surface area contributed by atoms with Gasteiger partial charge in [0.25, 0.3) is 0 Å². The molecule has 31 heavy (non-hydrogen) atoms. The molecule has 0 amide bonds. The first-order chi connectivity index (χ1) is 14.2. The van der Waals surface area contributed by atoms with Crippen molar-refractivity contribution in [3.8, 4) is 5.88 Å².